The summed E-state index contributed by atoms with van der Waals surface area (Å²) in [7, 11) is 0. The van der Waals surface area contributed by atoms with Crippen molar-refractivity contribution in [2.45, 2.75) is 57.0 Å². The van der Waals surface area contributed by atoms with Crippen molar-refractivity contribution in [2.24, 2.45) is 17.8 Å². The number of aryl methyl sites for hydroxylation is 2. The number of nitrogens with zero attached hydrogens (tertiary/aromatic N) is 1. The van der Waals surface area contributed by atoms with Crippen LogP contribution in [0.25, 0.3) is 0 Å². The molecule has 1 aromatic carbocycles. The van der Waals surface area contributed by atoms with Gasteiger partial charge in [0.2, 0.25) is 0 Å². The summed E-state index contributed by atoms with van der Waals surface area (Å²) in [6, 6.07) is 6.44. The third-order valence-electron chi connectivity index (χ3n) is 7.23. The molecule has 6 heteroatoms. The molecule has 0 radical (unpaired) electrons. The van der Waals surface area contributed by atoms with Crippen molar-refractivity contribution in [2.75, 3.05) is 6.61 Å². The van der Waals surface area contributed by atoms with Crippen LogP contribution in [0.4, 0.5) is 0 Å². The van der Waals surface area contributed by atoms with Gasteiger partial charge in [0.15, 0.2) is 5.69 Å². The van der Waals surface area contributed by atoms with E-state index in [9.17, 15) is 9.90 Å². The number of aromatic nitrogens is 1. The number of hydrogen-bond acceptors (Lipinski definition) is 5. The molecule has 5 nitrogen and oxygen atoms in total. The molecule has 29 heavy (non-hydrogen) atoms. The minimum atomic E-state index is -0.957. The molecule has 1 aromatic heterocycles. The molecule has 3 aliphatic carbocycles. The summed E-state index contributed by atoms with van der Waals surface area (Å²) in [6.07, 6.45) is 7.10. The highest BCUT2D eigenvalue weighted by atomic mass is 32.1. The van der Waals surface area contributed by atoms with Crippen LogP contribution in [-0.4, -0.2) is 33.9 Å². The summed E-state index contributed by atoms with van der Waals surface area (Å²) < 4.78 is 6.14. The summed E-state index contributed by atoms with van der Waals surface area (Å²) in [5.41, 5.74) is 3.01. The molecule has 5 rings (SSSR count). The third kappa shape index (κ3) is 3.68. The Kier molecular flexibility index (Phi) is 5.08. The van der Waals surface area contributed by atoms with Crippen molar-refractivity contribution in [1.29, 1.82) is 0 Å². The highest BCUT2D eigenvalue weighted by molar-refractivity contribution is 7.09. The fourth-order valence-corrected chi connectivity index (χ4v) is 6.70. The predicted molar refractivity (Wildman–Crippen MR) is 111 cm³/mol. The van der Waals surface area contributed by atoms with Crippen LogP contribution in [0.2, 0.25) is 0 Å². The molecular formula is C23H27NO4S. The van der Waals surface area contributed by atoms with E-state index in [2.05, 4.69) is 23.2 Å². The number of ether oxygens (including phenoxy) is 1. The smallest absolute Gasteiger partial charge is 0.355 e. The van der Waals surface area contributed by atoms with Gasteiger partial charge in [0, 0.05) is 17.2 Å². The van der Waals surface area contributed by atoms with Gasteiger partial charge >= 0.3 is 5.97 Å². The number of carboxylic acids is 1. The number of fused-ring (bicyclic) bond motifs is 2. The van der Waals surface area contributed by atoms with Gasteiger partial charge < -0.3 is 14.9 Å². The predicted octanol–water partition coefficient (Wildman–Crippen LogP) is 4.29. The second kappa shape index (κ2) is 7.73. The first-order valence-electron chi connectivity index (χ1n) is 10.7. The highest BCUT2D eigenvalue weighted by Gasteiger charge is 2.46. The fraction of sp³-hybridized carbons (Fsp3) is 0.565. The van der Waals surface area contributed by atoms with Crippen molar-refractivity contribution in [1.82, 2.24) is 4.98 Å². The largest absolute Gasteiger partial charge is 0.493 e. The molecule has 0 saturated heterocycles. The molecule has 154 valence electrons. The Balaban J connectivity index is 1.22. The van der Waals surface area contributed by atoms with Crippen LogP contribution in [0.3, 0.4) is 0 Å². The van der Waals surface area contributed by atoms with E-state index >= 15 is 0 Å². The van der Waals surface area contributed by atoms with Crippen molar-refractivity contribution in [3.05, 3.63) is 45.4 Å². The van der Waals surface area contributed by atoms with E-state index in [0.717, 1.165) is 42.9 Å². The Morgan fingerprint density at radius 3 is 2.90 bits per heavy atom. The molecule has 0 aliphatic heterocycles. The lowest BCUT2D eigenvalue weighted by Gasteiger charge is -2.33. The van der Waals surface area contributed by atoms with Gasteiger partial charge in [-0.05, 0) is 80.0 Å². The number of carbonyl (C=O) groups is 1. The van der Waals surface area contributed by atoms with Crippen LogP contribution >= 0.6 is 11.3 Å². The quantitative estimate of drug-likeness (QED) is 0.764. The zero-order chi connectivity index (χ0) is 20.0. The Morgan fingerprint density at radius 1 is 1.21 bits per heavy atom. The number of aliphatic hydroxyl groups excluding tert-OH is 1. The third-order valence-corrected chi connectivity index (χ3v) is 8.24. The number of hydrogen-bond donors (Lipinski definition) is 2. The van der Waals surface area contributed by atoms with Crippen molar-refractivity contribution >= 4 is 17.3 Å². The van der Waals surface area contributed by atoms with Crippen LogP contribution in [0.1, 0.15) is 64.6 Å². The molecule has 1 heterocycles. The lowest BCUT2D eigenvalue weighted by Crippen LogP contribution is -2.29. The van der Waals surface area contributed by atoms with Gasteiger partial charge in [-0.2, -0.15) is 0 Å². The zero-order valence-electron chi connectivity index (χ0n) is 16.4. The molecule has 2 N–H and O–H groups in total. The van der Waals surface area contributed by atoms with Crippen molar-refractivity contribution < 1.29 is 19.7 Å². The Morgan fingerprint density at radius 2 is 2.07 bits per heavy atom. The number of aromatic carboxylic acids is 1. The Bertz CT molecular complexity index is 910. The highest BCUT2D eigenvalue weighted by Crippen LogP contribution is 2.50. The fourth-order valence-electron chi connectivity index (χ4n) is 5.76. The summed E-state index contributed by atoms with van der Waals surface area (Å²) in [5, 5.41) is 22.4. The average molecular weight is 414 g/mol. The summed E-state index contributed by atoms with van der Waals surface area (Å²) in [4.78, 5) is 15.4. The number of benzene rings is 1. The number of rotatable bonds is 5. The van der Waals surface area contributed by atoms with Gasteiger partial charge in [-0.15, -0.1) is 11.3 Å². The molecule has 2 fully saturated rings. The molecule has 0 spiro atoms. The average Bonchev–Trinajstić information content (AvgIpc) is 3.43. The second-order valence-corrected chi connectivity index (χ2v) is 9.76. The first-order chi connectivity index (χ1) is 14.1. The zero-order valence-corrected chi connectivity index (χ0v) is 17.2. The van der Waals surface area contributed by atoms with Gasteiger partial charge in [0.25, 0.3) is 0 Å². The molecular weight excluding hydrogens is 386 g/mol. The number of aliphatic hydroxyl groups is 1. The van der Waals surface area contributed by atoms with E-state index < -0.39 is 5.97 Å². The maximum absolute atomic E-state index is 11.1. The van der Waals surface area contributed by atoms with Crippen LogP contribution in [0.5, 0.6) is 5.75 Å². The van der Waals surface area contributed by atoms with Crippen LogP contribution in [0.15, 0.2) is 23.6 Å². The number of thiazole rings is 1. The van der Waals surface area contributed by atoms with Gasteiger partial charge in [0.05, 0.1) is 17.7 Å². The van der Waals surface area contributed by atoms with E-state index in [1.165, 1.54) is 35.3 Å². The van der Waals surface area contributed by atoms with Gasteiger partial charge in [-0.1, -0.05) is 6.07 Å². The van der Waals surface area contributed by atoms with E-state index in [1.807, 2.05) is 0 Å². The van der Waals surface area contributed by atoms with E-state index in [1.54, 1.807) is 5.38 Å². The molecule has 0 bridgehead atoms. The second-order valence-electron chi connectivity index (χ2n) is 8.87. The maximum Gasteiger partial charge on any atom is 0.355 e. The van der Waals surface area contributed by atoms with Gasteiger partial charge in [-0.3, -0.25) is 0 Å². The van der Waals surface area contributed by atoms with Crippen molar-refractivity contribution in [3.63, 3.8) is 0 Å². The molecule has 0 unspecified atom stereocenters. The van der Waals surface area contributed by atoms with E-state index in [4.69, 9.17) is 9.84 Å². The Hall–Kier alpha value is -1.92. The normalized spacial score (nSPS) is 30.7. The van der Waals surface area contributed by atoms with E-state index in [0.29, 0.717) is 24.4 Å². The van der Waals surface area contributed by atoms with Crippen LogP contribution < -0.4 is 4.74 Å². The summed E-state index contributed by atoms with van der Waals surface area (Å²) in [6.45, 7) is 0.576. The molecule has 5 atom stereocenters. The first-order valence-corrected chi connectivity index (χ1v) is 11.6. The lowest BCUT2D eigenvalue weighted by molar-refractivity contribution is 0.0689. The summed E-state index contributed by atoms with van der Waals surface area (Å²) in [5.74, 6) is 1.42. The molecule has 2 saturated carbocycles. The topological polar surface area (TPSA) is 79.7 Å². The minimum absolute atomic E-state index is 0.152. The van der Waals surface area contributed by atoms with Gasteiger partial charge in [0.1, 0.15) is 5.75 Å². The standard InChI is InChI=1S/C23H27NO4S/c25-21-10-16-8-15(22-24-20(12-29-22)23(26)27)5-7-18(16)19(21)11-28-17-6-4-13-2-1-3-14(13)9-17/h4,6,9,12,15-16,18-19,21,25H,1-3,5,7-8,10-11H2,(H,26,27)/t15-,16-,18-,19+,21-/m0/s1. The van der Waals surface area contributed by atoms with Gasteiger partial charge in [-0.25, -0.2) is 9.78 Å². The number of carboxylic acid groups (broad SMARTS) is 1. The maximum atomic E-state index is 11.1. The monoisotopic (exact) mass is 413 g/mol. The SMILES string of the molecule is O=C(O)c1csc([C@H]2CC[C@H]3[C@@H](C2)C[C@H](O)[C@@H]3COc2ccc3c(c2)CCC3)n1. The Labute approximate surface area is 174 Å². The molecule has 0 amide bonds. The van der Waals surface area contributed by atoms with Crippen LogP contribution in [-0.2, 0) is 12.8 Å². The molecule has 3 aliphatic rings. The van der Waals surface area contributed by atoms with Crippen molar-refractivity contribution in [3.8, 4) is 5.75 Å². The van der Waals surface area contributed by atoms with Crippen LogP contribution in [0, 0.1) is 17.8 Å². The minimum Gasteiger partial charge on any atom is -0.493 e. The lowest BCUT2D eigenvalue weighted by atomic mass is 9.73. The first kappa shape index (κ1) is 19.1. The van der Waals surface area contributed by atoms with E-state index in [-0.39, 0.29) is 17.7 Å². The molecule has 2 aromatic rings. The summed E-state index contributed by atoms with van der Waals surface area (Å²) >= 11 is 1.46.